The van der Waals surface area contributed by atoms with Crippen LogP contribution in [-0.2, 0) is 9.53 Å². The van der Waals surface area contributed by atoms with Crippen molar-refractivity contribution >= 4 is 11.7 Å². The maximum Gasteiger partial charge on any atom is 0.248 e. The summed E-state index contributed by atoms with van der Waals surface area (Å²) in [6.45, 7) is 5.55. The maximum absolute atomic E-state index is 11.9. The highest BCUT2D eigenvalue weighted by molar-refractivity contribution is 5.77. The fraction of sp³-hybridized carbons (Fsp3) is 0.692. The van der Waals surface area contributed by atoms with E-state index in [0.717, 1.165) is 25.9 Å². The van der Waals surface area contributed by atoms with E-state index in [2.05, 4.69) is 5.10 Å². The lowest BCUT2D eigenvalue weighted by atomic mass is 10.1. The third kappa shape index (κ3) is 3.70. The Kier molecular flexibility index (Phi) is 4.42. The Hall–Kier alpha value is -1.56. The monoisotopic (exact) mass is 266 g/mol. The van der Waals surface area contributed by atoms with Gasteiger partial charge in [0, 0.05) is 19.3 Å². The molecule has 0 saturated carbocycles. The van der Waals surface area contributed by atoms with Crippen molar-refractivity contribution in [3.8, 4) is 0 Å². The predicted octanol–water partition coefficient (Wildman–Crippen LogP) is 1.05. The minimum absolute atomic E-state index is 0.0760. The van der Waals surface area contributed by atoms with Crippen LogP contribution in [0.25, 0.3) is 0 Å². The number of hydrogen-bond acceptors (Lipinski definition) is 4. The van der Waals surface area contributed by atoms with Gasteiger partial charge in [0.05, 0.1) is 12.1 Å². The lowest BCUT2D eigenvalue weighted by Crippen LogP contribution is -2.41. The first-order valence-electron chi connectivity index (χ1n) is 6.76. The van der Waals surface area contributed by atoms with Gasteiger partial charge in [-0.1, -0.05) is 0 Å². The van der Waals surface area contributed by atoms with E-state index in [1.165, 1.54) is 0 Å². The number of likely N-dealkylation sites (tertiary alicyclic amines) is 1. The van der Waals surface area contributed by atoms with E-state index >= 15 is 0 Å². The van der Waals surface area contributed by atoms with E-state index in [0.29, 0.717) is 11.9 Å². The molecule has 6 heteroatoms. The summed E-state index contributed by atoms with van der Waals surface area (Å²) < 4.78 is 7.25. The van der Waals surface area contributed by atoms with E-state index in [4.69, 9.17) is 10.5 Å². The van der Waals surface area contributed by atoms with Gasteiger partial charge >= 0.3 is 0 Å². The fourth-order valence-corrected chi connectivity index (χ4v) is 2.27. The van der Waals surface area contributed by atoms with Crippen molar-refractivity contribution in [1.82, 2.24) is 14.7 Å². The molecule has 0 radical (unpaired) electrons. The Bertz CT molecular complexity index is 422. The van der Waals surface area contributed by atoms with Crippen molar-refractivity contribution in [3.63, 3.8) is 0 Å². The van der Waals surface area contributed by atoms with Gasteiger partial charge in [-0.3, -0.25) is 9.48 Å². The molecule has 0 spiro atoms. The number of ether oxygens (including phenoxy) is 1. The summed E-state index contributed by atoms with van der Waals surface area (Å²) in [5.41, 5.74) is 5.62. The van der Waals surface area contributed by atoms with Gasteiger partial charge in [0.15, 0.2) is 0 Å². The molecule has 1 aromatic rings. The minimum Gasteiger partial charge on any atom is -0.382 e. The SMILES string of the molecule is CC(C)OCC(=O)N1CCC(n2ccc(N)n2)CC1. The normalized spacial score (nSPS) is 17.1. The number of aromatic nitrogens is 2. The third-order valence-corrected chi connectivity index (χ3v) is 3.36. The number of nitrogens with zero attached hydrogens (tertiary/aromatic N) is 3. The molecule has 0 aromatic carbocycles. The van der Waals surface area contributed by atoms with Gasteiger partial charge in [0.1, 0.15) is 12.4 Å². The number of carbonyl (C=O) groups is 1. The predicted molar refractivity (Wildman–Crippen MR) is 72.6 cm³/mol. The van der Waals surface area contributed by atoms with Crippen LogP contribution >= 0.6 is 0 Å². The number of anilines is 1. The molecule has 1 aromatic heterocycles. The van der Waals surface area contributed by atoms with Gasteiger partial charge < -0.3 is 15.4 Å². The Morgan fingerprint density at radius 1 is 1.53 bits per heavy atom. The minimum atomic E-state index is 0.0760. The zero-order valence-electron chi connectivity index (χ0n) is 11.6. The molecule has 0 atom stereocenters. The van der Waals surface area contributed by atoms with Crippen molar-refractivity contribution in [3.05, 3.63) is 12.3 Å². The number of hydrogen-bond donors (Lipinski definition) is 1. The Labute approximate surface area is 113 Å². The molecule has 2 N–H and O–H groups in total. The number of rotatable bonds is 4. The summed E-state index contributed by atoms with van der Waals surface area (Å²) in [4.78, 5) is 13.8. The van der Waals surface area contributed by atoms with Crippen molar-refractivity contribution in [2.75, 3.05) is 25.4 Å². The maximum atomic E-state index is 11.9. The van der Waals surface area contributed by atoms with Crippen LogP contribution in [0.5, 0.6) is 0 Å². The number of nitrogens with two attached hydrogens (primary N) is 1. The lowest BCUT2D eigenvalue weighted by molar-refractivity contribution is -0.138. The number of nitrogen functional groups attached to an aromatic ring is 1. The van der Waals surface area contributed by atoms with Gasteiger partial charge in [-0.15, -0.1) is 0 Å². The molecule has 6 nitrogen and oxygen atoms in total. The number of piperidine rings is 1. The average molecular weight is 266 g/mol. The molecule has 0 bridgehead atoms. The Balaban J connectivity index is 1.80. The van der Waals surface area contributed by atoms with Gasteiger partial charge in [0.25, 0.3) is 0 Å². The highest BCUT2D eigenvalue weighted by atomic mass is 16.5. The van der Waals surface area contributed by atoms with Crippen LogP contribution in [0.4, 0.5) is 5.82 Å². The fourth-order valence-electron chi connectivity index (χ4n) is 2.27. The molecule has 1 aliphatic heterocycles. The van der Waals surface area contributed by atoms with E-state index < -0.39 is 0 Å². The molecular weight excluding hydrogens is 244 g/mol. The Morgan fingerprint density at radius 3 is 2.74 bits per heavy atom. The second kappa shape index (κ2) is 6.06. The van der Waals surface area contributed by atoms with E-state index in [1.54, 1.807) is 6.07 Å². The van der Waals surface area contributed by atoms with Crippen LogP contribution in [0.3, 0.4) is 0 Å². The highest BCUT2D eigenvalue weighted by Crippen LogP contribution is 2.22. The largest absolute Gasteiger partial charge is 0.382 e. The number of carbonyl (C=O) groups excluding carboxylic acids is 1. The van der Waals surface area contributed by atoms with Crippen molar-refractivity contribution < 1.29 is 9.53 Å². The van der Waals surface area contributed by atoms with Crippen LogP contribution in [-0.4, -0.2) is 46.4 Å². The van der Waals surface area contributed by atoms with Gasteiger partial charge in [-0.25, -0.2) is 0 Å². The van der Waals surface area contributed by atoms with Crippen LogP contribution in [0.15, 0.2) is 12.3 Å². The van der Waals surface area contributed by atoms with Crippen molar-refractivity contribution in [2.24, 2.45) is 0 Å². The van der Waals surface area contributed by atoms with Crippen molar-refractivity contribution in [1.29, 1.82) is 0 Å². The van der Waals surface area contributed by atoms with Crippen molar-refractivity contribution in [2.45, 2.75) is 38.8 Å². The summed E-state index contributed by atoms with van der Waals surface area (Å²) in [5.74, 6) is 0.621. The highest BCUT2D eigenvalue weighted by Gasteiger charge is 2.24. The quantitative estimate of drug-likeness (QED) is 0.884. The van der Waals surface area contributed by atoms with E-state index in [9.17, 15) is 4.79 Å². The molecule has 2 heterocycles. The van der Waals surface area contributed by atoms with Gasteiger partial charge in [-0.05, 0) is 32.8 Å². The molecule has 2 rings (SSSR count). The average Bonchev–Trinajstić information content (AvgIpc) is 2.83. The van der Waals surface area contributed by atoms with Crippen LogP contribution in [0.2, 0.25) is 0 Å². The van der Waals surface area contributed by atoms with Gasteiger partial charge in [0.2, 0.25) is 5.91 Å². The zero-order chi connectivity index (χ0) is 13.8. The van der Waals surface area contributed by atoms with Crippen LogP contribution < -0.4 is 5.73 Å². The first kappa shape index (κ1) is 13.9. The Morgan fingerprint density at radius 2 is 2.21 bits per heavy atom. The van der Waals surface area contributed by atoms with E-state index in [1.807, 2.05) is 29.6 Å². The van der Waals surface area contributed by atoms with E-state index in [-0.39, 0.29) is 18.6 Å². The summed E-state index contributed by atoms with van der Waals surface area (Å²) in [7, 11) is 0. The first-order valence-corrected chi connectivity index (χ1v) is 6.76. The molecule has 0 aliphatic carbocycles. The smallest absolute Gasteiger partial charge is 0.248 e. The zero-order valence-corrected chi connectivity index (χ0v) is 11.6. The molecule has 19 heavy (non-hydrogen) atoms. The molecule has 1 saturated heterocycles. The first-order chi connectivity index (χ1) is 9.06. The second-order valence-electron chi connectivity index (χ2n) is 5.19. The topological polar surface area (TPSA) is 73.4 Å². The molecule has 1 aliphatic rings. The molecule has 1 amide bonds. The summed E-state index contributed by atoms with van der Waals surface area (Å²) in [6, 6.07) is 2.14. The third-order valence-electron chi connectivity index (χ3n) is 3.36. The molecule has 1 fully saturated rings. The molecule has 0 unspecified atom stereocenters. The lowest BCUT2D eigenvalue weighted by Gasteiger charge is -2.32. The van der Waals surface area contributed by atoms with Crippen LogP contribution in [0.1, 0.15) is 32.7 Å². The van der Waals surface area contributed by atoms with Gasteiger partial charge in [-0.2, -0.15) is 5.10 Å². The summed E-state index contributed by atoms with van der Waals surface area (Å²) in [6.07, 6.45) is 3.82. The standard InChI is InChI=1S/C13H22N4O2/c1-10(2)19-9-13(18)16-6-3-11(4-7-16)17-8-5-12(14)15-17/h5,8,10-11H,3-4,6-7,9H2,1-2H3,(H2,14,15). The number of amides is 1. The molecular formula is C13H22N4O2. The molecule has 106 valence electrons. The summed E-state index contributed by atoms with van der Waals surface area (Å²) in [5, 5.41) is 4.23. The van der Waals surface area contributed by atoms with Crippen LogP contribution in [0, 0.1) is 0 Å². The summed E-state index contributed by atoms with van der Waals surface area (Å²) >= 11 is 0. The second-order valence-corrected chi connectivity index (χ2v) is 5.19.